The van der Waals surface area contributed by atoms with Crippen molar-refractivity contribution in [2.24, 2.45) is 5.92 Å². The van der Waals surface area contributed by atoms with Gasteiger partial charge in [-0.05, 0) is 38.3 Å². The van der Waals surface area contributed by atoms with Gasteiger partial charge in [0.05, 0.1) is 0 Å². The van der Waals surface area contributed by atoms with Crippen molar-refractivity contribution < 1.29 is 24.2 Å². The van der Waals surface area contributed by atoms with Crippen LogP contribution in [0.4, 0.5) is 4.79 Å². The number of amides is 3. The third-order valence-corrected chi connectivity index (χ3v) is 5.03. The van der Waals surface area contributed by atoms with Gasteiger partial charge in [0.25, 0.3) is 5.91 Å². The number of nitrogens with one attached hydrogen (secondary N) is 2. The fourth-order valence-electron chi connectivity index (χ4n) is 3.36. The van der Waals surface area contributed by atoms with Crippen LogP contribution in [0.25, 0.3) is 0 Å². The van der Waals surface area contributed by atoms with Crippen molar-refractivity contribution in [2.45, 2.75) is 58.8 Å². The fourth-order valence-corrected chi connectivity index (χ4v) is 3.36. The Hall–Kier alpha value is -3.99. The molecular weight excluding hydrogens is 446 g/mol. The Kier molecular flexibility index (Phi) is 9.29. The summed E-state index contributed by atoms with van der Waals surface area (Å²) >= 11 is 0. The first-order chi connectivity index (χ1) is 16.4. The average molecular weight is 480 g/mol. The lowest BCUT2D eigenvalue weighted by molar-refractivity contribution is -0.139. The summed E-state index contributed by atoms with van der Waals surface area (Å²) in [5.41, 5.74) is 0.238. The van der Waals surface area contributed by atoms with Crippen molar-refractivity contribution in [3.05, 3.63) is 65.7 Å². The van der Waals surface area contributed by atoms with Crippen LogP contribution >= 0.6 is 0 Å². The SMILES string of the molecule is C#CN(C(=O)C(NC(=O)OC(C)(C)C)C(C)C)C(C(=O)NCc1ccccc1)c1ccccc1O. The molecule has 2 atom stereocenters. The average Bonchev–Trinajstić information content (AvgIpc) is 2.79. The van der Waals surface area contributed by atoms with Gasteiger partial charge < -0.3 is 20.5 Å². The van der Waals surface area contributed by atoms with E-state index in [9.17, 15) is 19.5 Å². The Morgan fingerprint density at radius 2 is 1.66 bits per heavy atom. The monoisotopic (exact) mass is 479 g/mol. The lowest BCUT2D eigenvalue weighted by Crippen LogP contribution is -2.53. The Bertz CT molecular complexity index is 1070. The number of phenols is 1. The van der Waals surface area contributed by atoms with Crippen LogP contribution in [-0.4, -0.2) is 39.6 Å². The van der Waals surface area contributed by atoms with E-state index in [1.807, 2.05) is 30.3 Å². The van der Waals surface area contributed by atoms with E-state index >= 15 is 0 Å². The molecule has 3 N–H and O–H groups in total. The number of rotatable bonds is 8. The van der Waals surface area contributed by atoms with Gasteiger partial charge in [0.15, 0.2) is 6.04 Å². The zero-order valence-electron chi connectivity index (χ0n) is 20.7. The Labute approximate surface area is 206 Å². The first kappa shape index (κ1) is 27.3. The van der Waals surface area contributed by atoms with Gasteiger partial charge in [-0.25, -0.2) is 4.79 Å². The van der Waals surface area contributed by atoms with Crippen molar-refractivity contribution in [3.8, 4) is 18.2 Å². The summed E-state index contributed by atoms with van der Waals surface area (Å²) in [6, 6.07) is 15.3. The Morgan fingerprint density at radius 1 is 1.06 bits per heavy atom. The van der Waals surface area contributed by atoms with Gasteiger partial charge in [-0.1, -0.05) is 68.8 Å². The third kappa shape index (κ3) is 7.78. The van der Waals surface area contributed by atoms with Crippen LogP contribution in [0, 0.1) is 18.4 Å². The van der Waals surface area contributed by atoms with Gasteiger partial charge in [0.1, 0.15) is 17.4 Å². The summed E-state index contributed by atoms with van der Waals surface area (Å²) < 4.78 is 5.29. The van der Waals surface area contributed by atoms with Crippen molar-refractivity contribution in [1.82, 2.24) is 15.5 Å². The van der Waals surface area contributed by atoms with Crippen LogP contribution in [0.3, 0.4) is 0 Å². The normalized spacial score (nSPS) is 12.7. The number of phenolic OH excluding ortho intramolecular Hbond substituents is 1. The van der Waals surface area contributed by atoms with Crippen LogP contribution < -0.4 is 10.6 Å². The van der Waals surface area contributed by atoms with Crippen molar-refractivity contribution >= 4 is 17.9 Å². The first-order valence-electron chi connectivity index (χ1n) is 11.3. The van der Waals surface area contributed by atoms with Gasteiger partial charge in [0.2, 0.25) is 5.91 Å². The summed E-state index contributed by atoms with van der Waals surface area (Å²) in [7, 11) is 0. The van der Waals surface area contributed by atoms with Gasteiger partial charge in [0, 0.05) is 18.2 Å². The highest BCUT2D eigenvalue weighted by atomic mass is 16.6. The summed E-state index contributed by atoms with van der Waals surface area (Å²) in [6.45, 7) is 8.78. The summed E-state index contributed by atoms with van der Waals surface area (Å²) in [6.07, 6.45) is 4.94. The number of carbonyl (C=O) groups is 3. The largest absolute Gasteiger partial charge is 0.508 e. The topological polar surface area (TPSA) is 108 Å². The maximum absolute atomic E-state index is 13.6. The molecule has 2 rings (SSSR count). The van der Waals surface area contributed by atoms with Crippen molar-refractivity contribution in [3.63, 3.8) is 0 Å². The lowest BCUT2D eigenvalue weighted by atomic mass is 9.99. The van der Waals surface area contributed by atoms with Crippen LogP contribution in [0.1, 0.15) is 51.8 Å². The van der Waals surface area contributed by atoms with Gasteiger partial charge in [-0.15, -0.1) is 0 Å². The zero-order chi connectivity index (χ0) is 26.2. The molecule has 0 fully saturated rings. The minimum absolute atomic E-state index is 0.157. The van der Waals surface area contributed by atoms with E-state index in [0.29, 0.717) is 0 Å². The highest BCUT2D eigenvalue weighted by Crippen LogP contribution is 2.30. The summed E-state index contributed by atoms with van der Waals surface area (Å²) in [4.78, 5) is 40.2. The molecule has 2 unspecified atom stereocenters. The molecule has 3 amide bonds. The second kappa shape index (κ2) is 11.9. The number of benzene rings is 2. The second-order valence-corrected chi connectivity index (χ2v) is 9.37. The summed E-state index contributed by atoms with van der Waals surface area (Å²) in [5, 5.41) is 15.8. The molecule has 0 radical (unpaired) electrons. The molecule has 8 heteroatoms. The number of ether oxygens (including phenoxy) is 1. The van der Waals surface area contributed by atoms with Crippen LogP contribution in [0.5, 0.6) is 5.75 Å². The fraction of sp³-hybridized carbons (Fsp3) is 0.370. The van der Waals surface area contributed by atoms with E-state index < -0.39 is 35.6 Å². The van der Waals surface area contributed by atoms with Crippen LogP contribution in [0.15, 0.2) is 54.6 Å². The molecular formula is C27H33N3O5. The number of alkyl carbamates (subject to hydrolysis) is 1. The van der Waals surface area contributed by atoms with Crippen LogP contribution in [-0.2, 0) is 20.9 Å². The molecule has 2 aromatic rings. The molecule has 0 spiro atoms. The molecule has 0 bridgehead atoms. The smallest absolute Gasteiger partial charge is 0.408 e. The molecule has 2 aromatic carbocycles. The number of carbonyl (C=O) groups excluding carboxylic acids is 3. The molecule has 0 aliphatic carbocycles. The minimum atomic E-state index is -1.33. The molecule has 0 aliphatic heterocycles. The predicted octanol–water partition coefficient (Wildman–Crippen LogP) is 3.72. The standard InChI is InChI=1S/C27H33N3O5/c1-7-30(25(33)22(18(2)3)29-26(34)35-27(4,5)6)23(20-15-11-12-16-21(20)31)24(32)28-17-19-13-9-8-10-14-19/h1,8-16,18,22-23,31H,17H2,2-6H3,(H,28,32)(H,29,34). The second-order valence-electron chi connectivity index (χ2n) is 9.37. The maximum Gasteiger partial charge on any atom is 0.408 e. The predicted molar refractivity (Wildman–Crippen MR) is 133 cm³/mol. The van der Waals surface area contributed by atoms with Crippen molar-refractivity contribution in [1.29, 1.82) is 0 Å². The number of hydrogen-bond acceptors (Lipinski definition) is 5. The Morgan fingerprint density at radius 3 is 2.20 bits per heavy atom. The molecule has 0 saturated carbocycles. The molecule has 186 valence electrons. The van der Waals surface area contributed by atoms with E-state index in [1.54, 1.807) is 46.8 Å². The van der Waals surface area contributed by atoms with Gasteiger partial charge in [-0.2, -0.15) is 0 Å². The number of nitrogens with zero attached hydrogens (tertiary/aromatic N) is 1. The van der Waals surface area contributed by atoms with E-state index in [2.05, 4.69) is 16.7 Å². The Balaban J connectivity index is 2.38. The van der Waals surface area contributed by atoms with Crippen LogP contribution in [0.2, 0.25) is 0 Å². The lowest BCUT2D eigenvalue weighted by Gasteiger charge is -2.32. The molecule has 8 nitrogen and oxygen atoms in total. The van der Waals surface area contributed by atoms with Gasteiger partial charge >= 0.3 is 6.09 Å². The van der Waals surface area contributed by atoms with Gasteiger partial charge in [-0.3, -0.25) is 14.5 Å². The number of aromatic hydroxyl groups is 1. The number of hydrogen-bond donors (Lipinski definition) is 3. The quantitative estimate of drug-likeness (QED) is 0.395. The summed E-state index contributed by atoms with van der Waals surface area (Å²) in [5.74, 6) is -1.83. The number of terminal acetylenes is 1. The van der Waals surface area contributed by atoms with Crippen molar-refractivity contribution in [2.75, 3.05) is 0 Å². The van der Waals surface area contributed by atoms with E-state index in [4.69, 9.17) is 11.2 Å². The molecule has 0 aromatic heterocycles. The molecule has 0 aliphatic rings. The van der Waals surface area contributed by atoms with E-state index in [0.717, 1.165) is 10.5 Å². The minimum Gasteiger partial charge on any atom is -0.508 e. The maximum atomic E-state index is 13.6. The molecule has 35 heavy (non-hydrogen) atoms. The highest BCUT2D eigenvalue weighted by Gasteiger charge is 2.38. The first-order valence-corrected chi connectivity index (χ1v) is 11.3. The zero-order valence-corrected chi connectivity index (χ0v) is 20.7. The third-order valence-electron chi connectivity index (χ3n) is 5.03. The molecule has 0 heterocycles. The molecule has 0 saturated heterocycles. The number of para-hydroxylation sites is 1. The van der Waals surface area contributed by atoms with E-state index in [-0.39, 0.29) is 23.8 Å². The van der Waals surface area contributed by atoms with E-state index in [1.165, 1.54) is 12.1 Å². The highest BCUT2D eigenvalue weighted by molar-refractivity contribution is 5.93.